The summed E-state index contributed by atoms with van der Waals surface area (Å²) in [7, 11) is 0. The third-order valence-corrected chi connectivity index (χ3v) is 6.20. The van der Waals surface area contributed by atoms with E-state index in [1.807, 2.05) is 44.3 Å². The molecule has 0 aliphatic carbocycles. The first-order chi connectivity index (χ1) is 15.1. The normalized spacial score (nSPS) is 13.8. The molecule has 1 amide bonds. The molecule has 7 heteroatoms. The third-order valence-electron chi connectivity index (χ3n) is 5.12. The summed E-state index contributed by atoms with van der Waals surface area (Å²) >= 11 is 1.57. The van der Waals surface area contributed by atoms with E-state index in [-0.39, 0.29) is 5.91 Å². The standard InChI is InChI=1S/C24H27N5OS/c1-17-12-18(2)14-20(13-17)28-23(30)21-4-3-6-27-24(21)31-16-19-5-7-26-22(15-19)29-10-8-25-9-11-29/h3-7,12-15,25H,8-11,16H2,1-2H3,(H,28,30). The van der Waals surface area contributed by atoms with Gasteiger partial charge >= 0.3 is 0 Å². The minimum Gasteiger partial charge on any atom is -0.354 e. The Labute approximate surface area is 187 Å². The second-order valence-corrected chi connectivity index (χ2v) is 8.70. The molecule has 3 aromatic rings. The number of carbonyl (C=O) groups is 1. The molecule has 1 aromatic carbocycles. The van der Waals surface area contributed by atoms with E-state index < -0.39 is 0 Å². The number of nitrogens with one attached hydrogen (secondary N) is 2. The highest BCUT2D eigenvalue weighted by atomic mass is 32.2. The molecule has 2 aromatic heterocycles. The summed E-state index contributed by atoms with van der Waals surface area (Å²) in [6.07, 6.45) is 3.59. The van der Waals surface area contributed by atoms with Crippen molar-refractivity contribution in [2.75, 3.05) is 36.4 Å². The number of aromatic nitrogens is 2. The van der Waals surface area contributed by atoms with Crippen LogP contribution in [0.3, 0.4) is 0 Å². The van der Waals surface area contributed by atoms with Gasteiger partial charge in [0.05, 0.1) is 5.56 Å². The van der Waals surface area contributed by atoms with Crippen molar-refractivity contribution < 1.29 is 4.79 Å². The second-order valence-electron chi connectivity index (χ2n) is 7.73. The number of aryl methyl sites for hydroxylation is 2. The van der Waals surface area contributed by atoms with Crippen molar-refractivity contribution in [2.45, 2.75) is 24.6 Å². The van der Waals surface area contributed by atoms with Gasteiger partial charge in [-0.05, 0) is 66.9 Å². The molecule has 1 aliphatic rings. The van der Waals surface area contributed by atoms with Crippen molar-refractivity contribution >= 4 is 29.2 Å². The lowest BCUT2D eigenvalue weighted by Gasteiger charge is -2.28. The maximum atomic E-state index is 12.9. The fourth-order valence-electron chi connectivity index (χ4n) is 3.69. The van der Waals surface area contributed by atoms with Crippen LogP contribution in [0.2, 0.25) is 0 Å². The molecule has 0 bridgehead atoms. The predicted molar refractivity (Wildman–Crippen MR) is 127 cm³/mol. The van der Waals surface area contributed by atoms with Gasteiger partial charge in [0.25, 0.3) is 5.91 Å². The first-order valence-corrected chi connectivity index (χ1v) is 11.4. The Kier molecular flexibility index (Phi) is 6.84. The molecular formula is C24H27N5OS. The summed E-state index contributed by atoms with van der Waals surface area (Å²) in [5.41, 5.74) is 4.79. The fraction of sp³-hybridized carbons (Fsp3) is 0.292. The number of carbonyl (C=O) groups excluding carboxylic acids is 1. The molecule has 1 fully saturated rings. The minimum absolute atomic E-state index is 0.142. The van der Waals surface area contributed by atoms with E-state index in [0.717, 1.165) is 59.6 Å². The monoisotopic (exact) mass is 433 g/mol. The van der Waals surface area contributed by atoms with Crippen molar-refractivity contribution in [2.24, 2.45) is 0 Å². The van der Waals surface area contributed by atoms with Crippen LogP contribution in [-0.4, -0.2) is 42.1 Å². The number of hydrogen-bond acceptors (Lipinski definition) is 6. The smallest absolute Gasteiger partial charge is 0.258 e. The second kappa shape index (κ2) is 9.94. The van der Waals surface area contributed by atoms with Crippen LogP contribution in [0.5, 0.6) is 0 Å². The molecular weight excluding hydrogens is 406 g/mol. The Morgan fingerprint density at radius 3 is 2.61 bits per heavy atom. The molecule has 1 aliphatic heterocycles. The van der Waals surface area contributed by atoms with E-state index in [0.29, 0.717) is 5.56 Å². The van der Waals surface area contributed by atoms with E-state index in [1.54, 1.807) is 24.0 Å². The number of benzene rings is 1. The van der Waals surface area contributed by atoms with Gasteiger partial charge in [0, 0.05) is 50.0 Å². The lowest BCUT2D eigenvalue weighted by Crippen LogP contribution is -2.43. The summed E-state index contributed by atoms with van der Waals surface area (Å²) in [5.74, 6) is 1.59. The van der Waals surface area contributed by atoms with Crippen molar-refractivity contribution in [3.05, 3.63) is 77.1 Å². The van der Waals surface area contributed by atoms with Crippen LogP contribution in [0.25, 0.3) is 0 Å². The van der Waals surface area contributed by atoms with E-state index in [2.05, 4.69) is 37.6 Å². The predicted octanol–water partition coefficient (Wildman–Crippen LogP) is 4.05. The molecule has 0 unspecified atom stereocenters. The van der Waals surface area contributed by atoms with Crippen LogP contribution in [-0.2, 0) is 5.75 Å². The topological polar surface area (TPSA) is 70.2 Å². The molecule has 0 atom stereocenters. The zero-order valence-electron chi connectivity index (χ0n) is 17.9. The number of hydrogen-bond donors (Lipinski definition) is 2. The van der Waals surface area contributed by atoms with Gasteiger partial charge in [0.1, 0.15) is 10.8 Å². The van der Waals surface area contributed by atoms with E-state index in [1.165, 1.54) is 5.56 Å². The van der Waals surface area contributed by atoms with Gasteiger partial charge in [-0.1, -0.05) is 6.07 Å². The highest BCUT2D eigenvalue weighted by molar-refractivity contribution is 7.98. The van der Waals surface area contributed by atoms with Crippen molar-refractivity contribution in [1.29, 1.82) is 0 Å². The summed E-state index contributed by atoms with van der Waals surface area (Å²) < 4.78 is 0. The van der Waals surface area contributed by atoms with Crippen LogP contribution in [0.4, 0.5) is 11.5 Å². The van der Waals surface area contributed by atoms with Gasteiger partial charge in [-0.15, -0.1) is 11.8 Å². The van der Waals surface area contributed by atoms with Gasteiger partial charge in [0.15, 0.2) is 0 Å². The lowest BCUT2D eigenvalue weighted by molar-refractivity contribution is 0.102. The zero-order chi connectivity index (χ0) is 21.6. The molecule has 0 spiro atoms. The van der Waals surface area contributed by atoms with Crippen LogP contribution in [0, 0.1) is 13.8 Å². The number of nitrogens with zero attached hydrogens (tertiary/aromatic N) is 3. The van der Waals surface area contributed by atoms with Crippen LogP contribution < -0.4 is 15.5 Å². The number of rotatable bonds is 6. The molecule has 0 saturated carbocycles. The maximum absolute atomic E-state index is 12.9. The number of amides is 1. The largest absolute Gasteiger partial charge is 0.354 e. The maximum Gasteiger partial charge on any atom is 0.258 e. The van der Waals surface area contributed by atoms with E-state index >= 15 is 0 Å². The summed E-state index contributed by atoms with van der Waals surface area (Å²) in [5, 5.41) is 7.11. The van der Waals surface area contributed by atoms with Gasteiger partial charge < -0.3 is 15.5 Å². The van der Waals surface area contributed by atoms with Crippen LogP contribution >= 0.6 is 11.8 Å². The first kappa shape index (κ1) is 21.3. The Morgan fingerprint density at radius 2 is 1.84 bits per heavy atom. The summed E-state index contributed by atoms with van der Waals surface area (Å²) in [6.45, 7) is 7.94. The molecule has 6 nitrogen and oxygen atoms in total. The zero-order valence-corrected chi connectivity index (χ0v) is 18.7. The number of piperazine rings is 1. The third kappa shape index (κ3) is 5.62. The summed E-state index contributed by atoms with van der Waals surface area (Å²) in [6, 6.07) is 13.8. The summed E-state index contributed by atoms with van der Waals surface area (Å²) in [4.78, 5) is 24.2. The molecule has 2 N–H and O–H groups in total. The van der Waals surface area contributed by atoms with Crippen molar-refractivity contribution in [1.82, 2.24) is 15.3 Å². The molecule has 4 rings (SSSR count). The number of anilines is 2. The molecule has 1 saturated heterocycles. The molecule has 3 heterocycles. The number of pyridine rings is 2. The van der Waals surface area contributed by atoms with E-state index in [9.17, 15) is 4.79 Å². The van der Waals surface area contributed by atoms with Gasteiger partial charge in [-0.2, -0.15) is 0 Å². The lowest BCUT2D eigenvalue weighted by atomic mass is 10.1. The Balaban J connectivity index is 1.46. The van der Waals surface area contributed by atoms with E-state index in [4.69, 9.17) is 0 Å². The molecule has 31 heavy (non-hydrogen) atoms. The van der Waals surface area contributed by atoms with Crippen LogP contribution in [0.1, 0.15) is 27.0 Å². The Morgan fingerprint density at radius 1 is 1.06 bits per heavy atom. The Bertz CT molecular complexity index is 1050. The minimum atomic E-state index is -0.142. The van der Waals surface area contributed by atoms with Crippen LogP contribution in [0.15, 0.2) is 59.9 Å². The SMILES string of the molecule is Cc1cc(C)cc(NC(=O)c2cccnc2SCc2ccnc(N3CCNCC3)c2)c1. The van der Waals surface area contributed by atoms with Crippen molar-refractivity contribution in [3.8, 4) is 0 Å². The van der Waals surface area contributed by atoms with Crippen molar-refractivity contribution in [3.63, 3.8) is 0 Å². The van der Waals surface area contributed by atoms with Gasteiger partial charge in [-0.3, -0.25) is 4.79 Å². The molecule has 160 valence electrons. The highest BCUT2D eigenvalue weighted by Gasteiger charge is 2.15. The molecule has 0 radical (unpaired) electrons. The average Bonchev–Trinajstić information content (AvgIpc) is 2.78. The Hall–Kier alpha value is -2.90. The first-order valence-electron chi connectivity index (χ1n) is 10.5. The quantitative estimate of drug-likeness (QED) is 0.572. The van der Waals surface area contributed by atoms with Gasteiger partial charge in [-0.25, -0.2) is 9.97 Å². The average molecular weight is 434 g/mol. The highest BCUT2D eigenvalue weighted by Crippen LogP contribution is 2.26. The van der Waals surface area contributed by atoms with Gasteiger partial charge in [0.2, 0.25) is 0 Å². The fourth-order valence-corrected chi connectivity index (χ4v) is 4.63. The number of thioether (sulfide) groups is 1.